The molecule has 2 aromatic carbocycles. The SMILES string of the molecule is CCc1cc(-c2cc(Oc3ccc(C=[NH2+])c(NC)c3)ccn2)ccc1C(=O)NCC1CN(C)C1. The van der Waals surface area contributed by atoms with Crippen molar-refractivity contribution in [3.05, 3.63) is 71.4 Å². The topological polar surface area (TPSA) is 92.1 Å². The number of rotatable bonds is 9. The van der Waals surface area contributed by atoms with Crippen LogP contribution in [-0.4, -0.2) is 55.7 Å². The summed E-state index contributed by atoms with van der Waals surface area (Å²) in [6, 6.07) is 15.3. The van der Waals surface area contributed by atoms with E-state index < -0.39 is 0 Å². The maximum Gasteiger partial charge on any atom is 0.251 e. The van der Waals surface area contributed by atoms with E-state index in [0.29, 0.717) is 24.0 Å². The Bertz CT molecular complexity index is 1190. The number of anilines is 1. The van der Waals surface area contributed by atoms with Gasteiger partial charge in [0.2, 0.25) is 0 Å². The van der Waals surface area contributed by atoms with Crippen LogP contribution in [0.5, 0.6) is 11.5 Å². The van der Waals surface area contributed by atoms with Crippen molar-refractivity contribution < 1.29 is 14.9 Å². The molecular weight excluding hydrogens is 426 g/mol. The molecule has 4 N–H and O–H groups in total. The largest absolute Gasteiger partial charge is 0.457 e. The number of aryl methyl sites for hydroxylation is 1. The van der Waals surface area contributed by atoms with Gasteiger partial charge in [-0.1, -0.05) is 13.0 Å². The first kappa shape index (κ1) is 23.4. The number of benzene rings is 2. The lowest BCUT2D eigenvalue weighted by molar-refractivity contribution is -0.104. The van der Waals surface area contributed by atoms with Gasteiger partial charge in [-0.25, -0.2) is 0 Å². The van der Waals surface area contributed by atoms with Crippen molar-refractivity contribution in [3.8, 4) is 22.8 Å². The molecule has 3 aromatic rings. The summed E-state index contributed by atoms with van der Waals surface area (Å²) >= 11 is 0. The summed E-state index contributed by atoms with van der Waals surface area (Å²) in [5.74, 6) is 1.91. The monoisotopic (exact) mass is 458 g/mol. The van der Waals surface area contributed by atoms with Gasteiger partial charge in [0.05, 0.1) is 16.9 Å². The van der Waals surface area contributed by atoms with E-state index in [-0.39, 0.29) is 5.91 Å². The number of nitrogens with one attached hydrogen (secondary N) is 2. The van der Waals surface area contributed by atoms with Gasteiger partial charge in [0.15, 0.2) is 6.21 Å². The average molecular weight is 459 g/mol. The lowest BCUT2D eigenvalue weighted by Crippen LogP contribution is -2.49. The van der Waals surface area contributed by atoms with Crippen molar-refractivity contribution >= 4 is 17.8 Å². The number of carbonyl (C=O) groups excluding carboxylic acids is 1. The molecule has 0 bridgehead atoms. The number of pyridine rings is 1. The fourth-order valence-electron chi connectivity index (χ4n) is 4.29. The lowest BCUT2D eigenvalue weighted by Gasteiger charge is -2.36. The van der Waals surface area contributed by atoms with Crippen LogP contribution >= 0.6 is 0 Å². The van der Waals surface area contributed by atoms with Crippen LogP contribution in [0.15, 0.2) is 54.7 Å². The van der Waals surface area contributed by atoms with E-state index in [1.807, 2.05) is 55.6 Å². The van der Waals surface area contributed by atoms with E-state index in [0.717, 1.165) is 53.1 Å². The Hall–Kier alpha value is -3.71. The number of hydrogen-bond donors (Lipinski definition) is 3. The van der Waals surface area contributed by atoms with Crippen molar-refractivity contribution in [2.24, 2.45) is 5.92 Å². The third-order valence-corrected chi connectivity index (χ3v) is 6.16. The molecule has 0 radical (unpaired) electrons. The third-order valence-electron chi connectivity index (χ3n) is 6.16. The second-order valence-electron chi connectivity index (χ2n) is 8.67. The minimum Gasteiger partial charge on any atom is -0.457 e. The zero-order chi connectivity index (χ0) is 24.1. The summed E-state index contributed by atoms with van der Waals surface area (Å²) in [6.07, 6.45) is 4.05. The van der Waals surface area contributed by atoms with Crippen LogP contribution in [0.4, 0.5) is 5.69 Å². The number of carbonyl (C=O) groups is 1. The van der Waals surface area contributed by atoms with Crippen LogP contribution in [0.2, 0.25) is 0 Å². The molecule has 34 heavy (non-hydrogen) atoms. The fraction of sp³-hybridized carbons (Fsp3) is 0.296. The second kappa shape index (κ2) is 10.5. The Balaban J connectivity index is 1.50. The number of nitrogens with zero attached hydrogens (tertiary/aromatic N) is 2. The number of ether oxygens (including phenoxy) is 1. The first-order valence-electron chi connectivity index (χ1n) is 11.6. The third kappa shape index (κ3) is 5.26. The molecule has 2 heterocycles. The van der Waals surface area contributed by atoms with Crippen LogP contribution in [0.3, 0.4) is 0 Å². The maximum atomic E-state index is 12.8. The molecule has 0 spiro atoms. The van der Waals surface area contributed by atoms with E-state index >= 15 is 0 Å². The highest BCUT2D eigenvalue weighted by atomic mass is 16.5. The van der Waals surface area contributed by atoms with Gasteiger partial charge < -0.3 is 20.3 Å². The smallest absolute Gasteiger partial charge is 0.251 e. The molecule has 1 saturated heterocycles. The van der Waals surface area contributed by atoms with E-state index in [9.17, 15) is 4.79 Å². The minimum absolute atomic E-state index is 0.0125. The van der Waals surface area contributed by atoms with Gasteiger partial charge in [-0.3, -0.25) is 15.2 Å². The standard InChI is InChI=1S/C27H31N5O2/c1-4-19-11-20(6-8-24(19)27(33)31-15-18-16-32(3)17-18)26-13-23(9-10-30-26)34-22-7-5-21(14-28)25(12-22)29-2/h5-14,18,28-29H,4,15-17H2,1-3H3,(H,31,33)/p+1. The Morgan fingerprint density at radius 1 is 1.18 bits per heavy atom. The first-order chi connectivity index (χ1) is 16.5. The zero-order valence-electron chi connectivity index (χ0n) is 20.0. The van der Waals surface area contributed by atoms with E-state index in [2.05, 4.69) is 34.5 Å². The molecule has 1 aliphatic rings. The molecule has 0 atom stereocenters. The first-order valence-corrected chi connectivity index (χ1v) is 11.6. The highest BCUT2D eigenvalue weighted by molar-refractivity contribution is 5.96. The predicted octanol–water partition coefficient (Wildman–Crippen LogP) is 2.61. The zero-order valence-corrected chi connectivity index (χ0v) is 20.0. The molecule has 176 valence electrons. The Morgan fingerprint density at radius 3 is 2.68 bits per heavy atom. The van der Waals surface area contributed by atoms with E-state index in [4.69, 9.17) is 10.1 Å². The number of nitrogens with two attached hydrogens (primary N) is 1. The molecule has 1 fully saturated rings. The maximum absolute atomic E-state index is 12.8. The van der Waals surface area contributed by atoms with Crippen LogP contribution in [-0.2, 0) is 6.42 Å². The average Bonchev–Trinajstić information content (AvgIpc) is 2.85. The van der Waals surface area contributed by atoms with Crippen LogP contribution in [0.25, 0.3) is 11.3 Å². The summed E-state index contributed by atoms with van der Waals surface area (Å²) in [4.78, 5) is 19.6. The second-order valence-corrected chi connectivity index (χ2v) is 8.67. The van der Waals surface area contributed by atoms with Gasteiger partial charge in [0, 0.05) is 62.1 Å². The van der Waals surface area contributed by atoms with Crippen molar-refractivity contribution in [3.63, 3.8) is 0 Å². The highest BCUT2D eigenvalue weighted by Gasteiger charge is 2.24. The predicted molar refractivity (Wildman–Crippen MR) is 136 cm³/mol. The summed E-state index contributed by atoms with van der Waals surface area (Å²) in [7, 11) is 3.94. The number of aromatic nitrogens is 1. The van der Waals surface area contributed by atoms with Gasteiger partial charge >= 0.3 is 0 Å². The molecule has 1 amide bonds. The van der Waals surface area contributed by atoms with Gasteiger partial charge in [-0.05, 0) is 49.4 Å². The minimum atomic E-state index is -0.0125. The van der Waals surface area contributed by atoms with Crippen LogP contribution < -0.4 is 20.8 Å². The Morgan fingerprint density at radius 2 is 1.97 bits per heavy atom. The van der Waals surface area contributed by atoms with Crippen molar-refractivity contribution in [2.45, 2.75) is 13.3 Å². The fourth-order valence-corrected chi connectivity index (χ4v) is 4.29. The molecule has 0 aliphatic carbocycles. The molecule has 7 heteroatoms. The molecule has 7 nitrogen and oxygen atoms in total. The van der Waals surface area contributed by atoms with Gasteiger partial charge in [0.1, 0.15) is 11.5 Å². The van der Waals surface area contributed by atoms with Crippen molar-refractivity contribution in [1.29, 1.82) is 0 Å². The Kier molecular flexibility index (Phi) is 7.23. The summed E-state index contributed by atoms with van der Waals surface area (Å²) in [5, 5.41) is 11.9. The van der Waals surface area contributed by atoms with Crippen molar-refractivity contribution in [1.82, 2.24) is 15.2 Å². The highest BCUT2D eigenvalue weighted by Crippen LogP contribution is 2.29. The van der Waals surface area contributed by atoms with E-state index in [1.54, 1.807) is 12.4 Å². The van der Waals surface area contributed by atoms with Gasteiger partial charge in [-0.2, -0.15) is 0 Å². The van der Waals surface area contributed by atoms with Gasteiger partial charge in [0.25, 0.3) is 5.91 Å². The molecule has 4 rings (SSSR count). The quantitative estimate of drug-likeness (QED) is 0.429. The lowest BCUT2D eigenvalue weighted by atomic mass is 9.98. The Labute approximate surface area is 200 Å². The number of likely N-dealkylation sites (tertiary alicyclic amines) is 1. The van der Waals surface area contributed by atoms with Gasteiger partial charge in [-0.15, -0.1) is 0 Å². The van der Waals surface area contributed by atoms with Crippen LogP contribution in [0.1, 0.15) is 28.4 Å². The van der Waals surface area contributed by atoms with Crippen LogP contribution in [0, 0.1) is 5.92 Å². The molecule has 0 unspecified atom stereocenters. The van der Waals surface area contributed by atoms with Crippen molar-refractivity contribution in [2.75, 3.05) is 39.0 Å². The molecular formula is C27H32N5O2+. The molecule has 1 aromatic heterocycles. The number of amides is 1. The normalized spacial score (nSPS) is 13.7. The molecule has 0 saturated carbocycles. The summed E-state index contributed by atoms with van der Waals surface area (Å²) in [5.41, 5.74) is 5.26. The van der Waals surface area contributed by atoms with E-state index in [1.165, 1.54) is 0 Å². The summed E-state index contributed by atoms with van der Waals surface area (Å²) < 4.78 is 6.08. The summed E-state index contributed by atoms with van der Waals surface area (Å²) in [6.45, 7) is 4.85. The number of hydrogen-bond acceptors (Lipinski definition) is 5. The molecule has 1 aliphatic heterocycles.